The van der Waals surface area contributed by atoms with Crippen molar-refractivity contribution < 1.29 is 8.78 Å². The second-order valence-corrected chi connectivity index (χ2v) is 5.19. The minimum Gasteiger partial charge on any atom is -0.346 e. The summed E-state index contributed by atoms with van der Waals surface area (Å²) in [6, 6.07) is 3.87. The van der Waals surface area contributed by atoms with E-state index >= 15 is 0 Å². The van der Waals surface area contributed by atoms with Crippen molar-refractivity contribution in [2.24, 2.45) is 0 Å². The van der Waals surface area contributed by atoms with Crippen molar-refractivity contribution in [1.29, 1.82) is 0 Å². The quantitative estimate of drug-likeness (QED) is 0.829. The molecule has 1 aromatic rings. The molecule has 0 spiro atoms. The van der Waals surface area contributed by atoms with E-state index in [2.05, 4.69) is 17.1 Å². The van der Waals surface area contributed by atoms with Crippen molar-refractivity contribution in [2.75, 3.05) is 11.9 Å². The number of nitrogens with zero attached hydrogens (tertiary/aromatic N) is 1. The first-order valence-electron chi connectivity index (χ1n) is 6.64. The SMILES string of the molecule is CCC1CCCCN1C(=S)Nc1ccc(F)cc1F. The topological polar surface area (TPSA) is 15.3 Å². The van der Waals surface area contributed by atoms with Gasteiger partial charge in [0.15, 0.2) is 5.11 Å². The third-order valence-corrected chi connectivity index (χ3v) is 3.87. The molecule has 0 bridgehead atoms. The van der Waals surface area contributed by atoms with Crippen LogP contribution in [0.1, 0.15) is 32.6 Å². The zero-order valence-corrected chi connectivity index (χ0v) is 11.8. The van der Waals surface area contributed by atoms with Crippen LogP contribution in [-0.2, 0) is 0 Å². The van der Waals surface area contributed by atoms with E-state index in [9.17, 15) is 8.78 Å². The van der Waals surface area contributed by atoms with Crippen molar-refractivity contribution in [3.8, 4) is 0 Å². The number of nitrogens with one attached hydrogen (secondary N) is 1. The van der Waals surface area contributed by atoms with Crippen LogP contribution in [-0.4, -0.2) is 22.6 Å². The molecule has 2 rings (SSSR count). The summed E-state index contributed by atoms with van der Waals surface area (Å²) in [4.78, 5) is 2.11. The van der Waals surface area contributed by atoms with Gasteiger partial charge in [0, 0.05) is 18.7 Å². The van der Waals surface area contributed by atoms with E-state index in [4.69, 9.17) is 12.2 Å². The number of halogens is 2. The van der Waals surface area contributed by atoms with Gasteiger partial charge < -0.3 is 10.2 Å². The Morgan fingerprint density at radius 2 is 2.21 bits per heavy atom. The van der Waals surface area contributed by atoms with Crippen molar-refractivity contribution in [2.45, 2.75) is 38.6 Å². The molecule has 1 atom stereocenters. The largest absolute Gasteiger partial charge is 0.346 e. The summed E-state index contributed by atoms with van der Waals surface area (Å²) >= 11 is 5.35. The molecule has 1 aliphatic heterocycles. The van der Waals surface area contributed by atoms with Crippen molar-refractivity contribution in [1.82, 2.24) is 4.90 Å². The third kappa shape index (κ3) is 3.41. The summed E-state index contributed by atoms with van der Waals surface area (Å²) in [6.45, 7) is 3.03. The number of rotatable bonds is 2. The molecule has 19 heavy (non-hydrogen) atoms. The van der Waals surface area contributed by atoms with Crippen LogP contribution < -0.4 is 5.32 Å². The van der Waals surface area contributed by atoms with Gasteiger partial charge in [-0.3, -0.25) is 0 Å². The fourth-order valence-electron chi connectivity index (χ4n) is 2.47. The van der Waals surface area contributed by atoms with Crippen molar-refractivity contribution in [3.05, 3.63) is 29.8 Å². The molecule has 2 nitrogen and oxygen atoms in total. The molecule has 0 radical (unpaired) electrons. The number of piperidine rings is 1. The Morgan fingerprint density at radius 1 is 1.42 bits per heavy atom. The van der Waals surface area contributed by atoms with Gasteiger partial charge in [-0.2, -0.15) is 0 Å². The molecule has 1 unspecified atom stereocenters. The number of anilines is 1. The molecule has 1 heterocycles. The standard InChI is InChI=1S/C14H18F2N2S/c1-2-11-5-3-4-8-18(11)14(19)17-13-7-6-10(15)9-12(13)16/h6-7,9,11H,2-5,8H2,1H3,(H,17,19). The number of likely N-dealkylation sites (tertiary alicyclic amines) is 1. The Kier molecular flexibility index (Phi) is 4.69. The molecule has 1 aliphatic rings. The predicted molar refractivity (Wildman–Crippen MR) is 77.2 cm³/mol. The normalized spacial score (nSPS) is 19.3. The molecule has 104 valence electrons. The minimum absolute atomic E-state index is 0.229. The third-order valence-electron chi connectivity index (χ3n) is 3.53. The summed E-state index contributed by atoms with van der Waals surface area (Å²) in [6.07, 6.45) is 4.45. The molecule has 0 aromatic heterocycles. The number of hydrogen-bond acceptors (Lipinski definition) is 1. The highest BCUT2D eigenvalue weighted by molar-refractivity contribution is 7.80. The molecule has 1 aromatic carbocycles. The summed E-state index contributed by atoms with van der Waals surface area (Å²) < 4.78 is 26.4. The zero-order chi connectivity index (χ0) is 13.8. The van der Waals surface area contributed by atoms with E-state index in [1.807, 2.05) is 0 Å². The molecule has 0 amide bonds. The molecule has 1 N–H and O–H groups in total. The average molecular weight is 284 g/mol. The first-order valence-corrected chi connectivity index (χ1v) is 7.05. The maximum absolute atomic E-state index is 13.6. The van der Waals surface area contributed by atoms with Crippen molar-refractivity contribution >= 4 is 23.0 Å². The van der Waals surface area contributed by atoms with Crippen LogP contribution in [0.2, 0.25) is 0 Å². The number of hydrogen-bond donors (Lipinski definition) is 1. The smallest absolute Gasteiger partial charge is 0.173 e. The van der Waals surface area contributed by atoms with Gasteiger partial charge in [0.05, 0.1) is 5.69 Å². The summed E-state index contributed by atoms with van der Waals surface area (Å²) in [5.74, 6) is -1.20. The average Bonchev–Trinajstić information content (AvgIpc) is 2.41. The highest BCUT2D eigenvalue weighted by Gasteiger charge is 2.23. The lowest BCUT2D eigenvalue weighted by Crippen LogP contribution is -2.45. The van der Waals surface area contributed by atoms with E-state index in [1.165, 1.54) is 18.6 Å². The van der Waals surface area contributed by atoms with Gasteiger partial charge >= 0.3 is 0 Å². The molecule has 0 aliphatic carbocycles. The van der Waals surface area contributed by atoms with Crippen molar-refractivity contribution in [3.63, 3.8) is 0 Å². The lowest BCUT2D eigenvalue weighted by atomic mass is 10.0. The second-order valence-electron chi connectivity index (χ2n) is 4.81. The van der Waals surface area contributed by atoms with Crippen LogP contribution in [0.5, 0.6) is 0 Å². The molecule has 1 fully saturated rings. The zero-order valence-electron chi connectivity index (χ0n) is 11.0. The van der Waals surface area contributed by atoms with Gasteiger partial charge in [-0.25, -0.2) is 8.78 Å². The van der Waals surface area contributed by atoms with Crippen LogP contribution in [0.15, 0.2) is 18.2 Å². The highest BCUT2D eigenvalue weighted by Crippen LogP contribution is 2.22. The number of thiocarbonyl (C=S) groups is 1. The van der Waals surface area contributed by atoms with Gasteiger partial charge in [-0.1, -0.05) is 6.92 Å². The van der Waals surface area contributed by atoms with E-state index in [-0.39, 0.29) is 5.69 Å². The first-order chi connectivity index (χ1) is 9.11. The van der Waals surface area contributed by atoms with Crippen LogP contribution in [0.3, 0.4) is 0 Å². The van der Waals surface area contributed by atoms with Gasteiger partial charge in [0.25, 0.3) is 0 Å². The Bertz CT molecular complexity index is 465. The Balaban J connectivity index is 2.07. The fraction of sp³-hybridized carbons (Fsp3) is 0.500. The van der Waals surface area contributed by atoms with Gasteiger partial charge in [0.1, 0.15) is 11.6 Å². The summed E-state index contributed by atoms with van der Waals surface area (Å²) in [5, 5.41) is 3.41. The van der Waals surface area contributed by atoms with Gasteiger partial charge in [0.2, 0.25) is 0 Å². The Labute approximate surface area is 117 Å². The summed E-state index contributed by atoms with van der Waals surface area (Å²) in [7, 11) is 0. The van der Waals surface area contributed by atoms with Crippen LogP contribution in [0.25, 0.3) is 0 Å². The molecule has 1 saturated heterocycles. The molecule has 5 heteroatoms. The Hall–Kier alpha value is -1.23. The van der Waals surface area contributed by atoms with Crippen LogP contribution >= 0.6 is 12.2 Å². The monoisotopic (exact) mass is 284 g/mol. The van der Waals surface area contributed by atoms with E-state index in [0.717, 1.165) is 31.9 Å². The van der Waals surface area contributed by atoms with Gasteiger partial charge in [-0.05, 0) is 50.0 Å². The van der Waals surface area contributed by atoms with Gasteiger partial charge in [-0.15, -0.1) is 0 Å². The lowest BCUT2D eigenvalue weighted by molar-refractivity contribution is 0.239. The van der Waals surface area contributed by atoms with E-state index in [0.29, 0.717) is 11.2 Å². The lowest BCUT2D eigenvalue weighted by Gasteiger charge is -2.37. The molecular formula is C14H18F2N2S. The maximum atomic E-state index is 13.6. The summed E-state index contributed by atoms with van der Waals surface area (Å²) in [5.41, 5.74) is 0.229. The van der Waals surface area contributed by atoms with Crippen LogP contribution in [0, 0.1) is 11.6 Å². The molecule has 0 saturated carbocycles. The predicted octanol–water partition coefficient (Wildman–Crippen LogP) is 3.93. The van der Waals surface area contributed by atoms with E-state index in [1.54, 1.807) is 0 Å². The van der Waals surface area contributed by atoms with Crippen LogP contribution in [0.4, 0.5) is 14.5 Å². The minimum atomic E-state index is -0.618. The fourth-order valence-corrected chi connectivity index (χ4v) is 2.82. The van der Waals surface area contributed by atoms with E-state index < -0.39 is 11.6 Å². The number of benzene rings is 1. The second kappa shape index (κ2) is 6.28. The highest BCUT2D eigenvalue weighted by atomic mass is 32.1. The molecular weight excluding hydrogens is 266 g/mol. The first kappa shape index (κ1) is 14.2. The maximum Gasteiger partial charge on any atom is 0.173 e. The Morgan fingerprint density at radius 3 is 2.89 bits per heavy atom.